The van der Waals surface area contributed by atoms with Crippen LogP contribution in [0.1, 0.15) is 24.8 Å². The molecule has 1 aromatic rings. The van der Waals surface area contributed by atoms with E-state index in [0.717, 1.165) is 17.9 Å². The van der Waals surface area contributed by atoms with Crippen molar-refractivity contribution in [1.29, 1.82) is 0 Å². The molecule has 0 aromatic heterocycles. The average Bonchev–Trinajstić information content (AvgIpc) is 2.94. The van der Waals surface area contributed by atoms with E-state index in [9.17, 15) is 0 Å². The number of halogens is 1. The number of hydrogen-bond donors (Lipinski definition) is 1. The second-order valence-corrected chi connectivity index (χ2v) is 5.70. The third kappa shape index (κ3) is 2.35. The van der Waals surface area contributed by atoms with Gasteiger partial charge in [0.1, 0.15) is 0 Å². The quantitative estimate of drug-likeness (QED) is 0.897. The molecule has 2 aliphatic rings. The van der Waals surface area contributed by atoms with Crippen molar-refractivity contribution in [3.05, 3.63) is 34.9 Å². The Balaban J connectivity index is 1.63. The van der Waals surface area contributed by atoms with E-state index in [1.54, 1.807) is 0 Å². The zero-order valence-electron chi connectivity index (χ0n) is 9.81. The largest absolute Gasteiger partial charge is 0.375 e. The molecule has 4 atom stereocenters. The second kappa shape index (κ2) is 4.60. The van der Waals surface area contributed by atoms with Crippen molar-refractivity contribution in [2.45, 2.75) is 43.9 Å². The van der Waals surface area contributed by atoms with Gasteiger partial charge in [-0.3, -0.25) is 0 Å². The molecule has 2 fully saturated rings. The van der Waals surface area contributed by atoms with Gasteiger partial charge in [0.2, 0.25) is 0 Å². The molecule has 2 N–H and O–H groups in total. The van der Waals surface area contributed by atoms with E-state index in [0.29, 0.717) is 18.1 Å². The van der Waals surface area contributed by atoms with Gasteiger partial charge in [-0.05, 0) is 43.4 Å². The van der Waals surface area contributed by atoms with Crippen LogP contribution in [0.3, 0.4) is 0 Å². The molecule has 2 bridgehead atoms. The van der Waals surface area contributed by atoms with Gasteiger partial charge in [-0.25, -0.2) is 0 Å². The summed E-state index contributed by atoms with van der Waals surface area (Å²) >= 11 is 5.88. The van der Waals surface area contributed by atoms with Crippen LogP contribution in [0.4, 0.5) is 0 Å². The Labute approximate surface area is 107 Å². The molecule has 1 aromatic carbocycles. The fraction of sp³-hybridized carbons (Fsp3) is 0.571. The van der Waals surface area contributed by atoms with Gasteiger partial charge in [0, 0.05) is 17.0 Å². The lowest BCUT2D eigenvalue weighted by Gasteiger charge is -2.25. The fourth-order valence-corrected chi connectivity index (χ4v) is 3.30. The lowest BCUT2D eigenvalue weighted by Crippen LogP contribution is -2.37. The Hall–Kier alpha value is -0.570. The number of nitrogens with two attached hydrogens (primary N) is 1. The van der Waals surface area contributed by atoms with Gasteiger partial charge in [0.05, 0.1) is 12.2 Å². The molecule has 0 aliphatic carbocycles. The Bertz CT molecular complexity index is 392. The van der Waals surface area contributed by atoms with Gasteiger partial charge < -0.3 is 10.5 Å². The van der Waals surface area contributed by atoms with Crippen LogP contribution in [0.2, 0.25) is 5.02 Å². The summed E-state index contributed by atoms with van der Waals surface area (Å²) in [7, 11) is 0. The summed E-state index contributed by atoms with van der Waals surface area (Å²) < 4.78 is 5.86. The molecule has 2 heterocycles. The van der Waals surface area contributed by atoms with Crippen LogP contribution in [0, 0.1) is 5.92 Å². The standard InChI is InChI=1S/C14H18ClNO/c15-10-3-1-9(2-4-10)7-13(16)12-8-11-5-6-14(12)17-11/h1-4,11-14H,5-8,16H2. The SMILES string of the molecule is NC(Cc1ccc(Cl)cc1)C1CC2CCC1O2. The van der Waals surface area contributed by atoms with Crippen LogP contribution in [0.25, 0.3) is 0 Å². The lowest BCUT2D eigenvalue weighted by molar-refractivity contribution is 0.0885. The molecule has 0 spiro atoms. The molecule has 0 amide bonds. The highest BCUT2D eigenvalue weighted by Gasteiger charge is 2.43. The van der Waals surface area contributed by atoms with Crippen molar-refractivity contribution < 1.29 is 4.74 Å². The van der Waals surface area contributed by atoms with Crippen molar-refractivity contribution in [2.75, 3.05) is 0 Å². The smallest absolute Gasteiger partial charge is 0.0623 e. The number of rotatable bonds is 3. The first kappa shape index (κ1) is 11.5. The molecule has 3 heteroatoms. The predicted octanol–water partition coefficient (Wildman–Crippen LogP) is 2.78. The lowest BCUT2D eigenvalue weighted by atomic mass is 9.82. The maximum Gasteiger partial charge on any atom is 0.0623 e. The first-order valence-corrected chi connectivity index (χ1v) is 6.75. The van der Waals surface area contributed by atoms with Crippen molar-refractivity contribution in [1.82, 2.24) is 0 Å². The first-order chi connectivity index (χ1) is 8.22. The van der Waals surface area contributed by atoms with E-state index in [1.807, 2.05) is 12.1 Å². The Morgan fingerprint density at radius 3 is 2.65 bits per heavy atom. The molecule has 2 aliphatic heterocycles. The van der Waals surface area contributed by atoms with E-state index in [4.69, 9.17) is 22.1 Å². The molecule has 2 saturated heterocycles. The van der Waals surface area contributed by atoms with Gasteiger partial charge in [-0.2, -0.15) is 0 Å². The predicted molar refractivity (Wildman–Crippen MR) is 69.1 cm³/mol. The van der Waals surface area contributed by atoms with Crippen molar-refractivity contribution in [3.8, 4) is 0 Å². The van der Waals surface area contributed by atoms with Gasteiger partial charge in [0.25, 0.3) is 0 Å². The summed E-state index contributed by atoms with van der Waals surface area (Å²) in [6, 6.07) is 8.21. The van der Waals surface area contributed by atoms with Crippen LogP contribution in [0.15, 0.2) is 24.3 Å². The zero-order chi connectivity index (χ0) is 11.8. The molecule has 4 unspecified atom stereocenters. The summed E-state index contributed by atoms with van der Waals surface area (Å²) in [6.07, 6.45) is 5.41. The third-order valence-corrected chi connectivity index (χ3v) is 4.34. The maximum atomic E-state index is 6.32. The van der Waals surface area contributed by atoms with E-state index in [1.165, 1.54) is 18.4 Å². The Morgan fingerprint density at radius 2 is 2.06 bits per heavy atom. The molecule has 3 rings (SSSR count). The minimum Gasteiger partial charge on any atom is -0.375 e. The van der Waals surface area contributed by atoms with Gasteiger partial charge in [0.15, 0.2) is 0 Å². The summed E-state index contributed by atoms with van der Waals surface area (Å²) in [6.45, 7) is 0. The van der Waals surface area contributed by atoms with Crippen LogP contribution in [0.5, 0.6) is 0 Å². The second-order valence-electron chi connectivity index (χ2n) is 5.27. The molecule has 17 heavy (non-hydrogen) atoms. The van der Waals surface area contributed by atoms with Crippen molar-refractivity contribution >= 4 is 11.6 Å². The zero-order valence-corrected chi connectivity index (χ0v) is 10.6. The van der Waals surface area contributed by atoms with E-state index < -0.39 is 0 Å². The van der Waals surface area contributed by atoms with Crippen molar-refractivity contribution in [3.63, 3.8) is 0 Å². The average molecular weight is 252 g/mol. The Morgan fingerprint density at radius 1 is 1.29 bits per heavy atom. The number of ether oxygens (including phenoxy) is 1. The van der Waals surface area contributed by atoms with Gasteiger partial charge in [-0.15, -0.1) is 0 Å². The molecule has 92 valence electrons. The number of hydrogen-bond acceptors (Lipinski definition) is 2. The highest BCUT2D eigenvalue weighted by atomic mass is 35.5. The molecule has 0 radical (unpaired) electrons. The fourth-order valence-electron chi connectivity index (χ4n) is 3.17. The summed E-state index contributed by atoms with van der Waals surface area (Å²) in [5, 5.41) is 0.783. The number of benzene rings is 1. The molecular formula is C14H18ClNO. The van der Waals surface area contributed by atoms with Crippen LogP contribution in [-0.2, 0) is 11.2 Å². The molecule has 0 saturated carbocycles. The third-order valence-electron chi connectivity index (χ3n) is 4.09. The van der Waals surface area contributed by atoms with Crippen LogP contribution in [-0.4, -0.2) is 18.2 Å². The van der Waals surface area contributed by atoms with Gasteiger partial charge >= 0.3 is 0 Å². The Kier molecular flexibility index (Phi) is 3.12. The highest BCUT2D eigenvalue weighted by molar-refractivity contribution is 6.30. The van der Waals surface area contributed by atoms with E-state index in [-0.39, 0.29) is 6.04 Å². The summed E-state index contributed by atoms with van der Waals surface area (Å²) in [5.41, 5.74) is 7.59. The van der Waals surface area contributed by atoms with Crippen LogP contribution < -0.4 is 5.73 Å². The molecular weight excluding hydrogens is 234 g/mol. The topological polar surface area (TPSA) is 35.2 Å². The number of fused-ring (bicyclic) bond motifs is 2. The normalized spacial score (nSPS) is 32.9. The summed E-state index contributed by atoms with van der Waals surface area (Å²) in [4.78, 5) is 0. The maximum absolute atomic E-state index is 6.32. The van der Waals surface area contributed by atoms with Gasteiger partial charge in [-0.1, -0.05) is 23.7 Å². The van der Waals surface area contributed by atoms with Crippen LogP contribution >= 0.6 is 11.6 Å². The van der Waals surface area contributed by atoms with E-state index in [2.05, 4.69) is 12.1 Å². The monoisotopic (exact) mass is 251 g/mol. The minimum atomic E-state index is 0.214. The van der Waals surface area contributed by atoms with E-state index >= 15 is 0 Å². The first-order valence-electron chi connectivity index (χ1n) is 6.38. The summed E-state index contributed by atoms with van der Waals surface area (Å²) in [5.74, 6) is 0.546. The molecule has 2 nitrogen and oxygen atoms in total. The van der Waals surface area contributed by atoms with Crippen molar-refractivity contribution in [2.24, 2.45) is 11.7 Å². The minimum absolute atomic E-state index is 0.214. The highest BCUT2D eigenvalue weighted by Crippen LogP contribution is 2.40.